The van der Waals surface area contributed by atoms with Crippen LogP contribution in [-0.4, -0.2) is 4.57 Å². The lowest BCUT2D eigenvalue weighted by molar-refractivity contribution is 0.621. The Morgan fingerprint density at radius 2 is 2.05 bits per heavy atom. The zero-order valence-electron chi connectivity index (χ0n) is 11.6. The standard InChI is InChI=1S/C15H15BrFN3/c1-9-4-13(16)14(17)6-15(9)19-8-11-5-12(7-18)20(3)10(11)2/h4-6,19H,8H2,1-3H3. The largest absolute Gasteiger partial charge is 0.381 e. The van der Waals surface area contributed by atoms with Crippen molar-refractivity contribution in [3.8, 4) is 6.07 Å². The molecule has 1 heterocycles. The number of hydrogen-bond acceptors (Lipinski definition) is 2. The van der Waals surface area contributed by atoms with E-state index in [2.05, 4.69) is 27.3 Å². The fourth-order valence-electron chi connectivity index (χ4n) is 2.08. The summed E-state index contributed by atoms with van der Waals surface area (Å²) in [5.41, 5.74) is 4.41. The maximum atomic E-state index is 13.6. The summed E-state index contributed by atoms with van der Waals surface area (Å²) in [6.45, 7) is 4.45. The van der Waals surface area contributed by atoms with Crippen molar-refractivity contribution in [2.45, 2.75) is 20.4 Å². The zero-order valence-corrected chi connectivity index (χ0v) is 13.2. The first kappa shape index (κ1) is 14.6. The highest BCUT2D eigenvalue weighted by Gasteiger charge is 2.10. The number of halogens is 2. The van der Waals surface area contributed by atoms with Crippen molar-refractivity contribution in [1.29, 1.82) is 5.26 Å². The van der Waals surface area contributed by atoms with E-state index in [1.165, 1.54) is 6.07 Å². The third-order valence-corrected chi connectivity index (χ3v) is 4.10. The maximum absolute atomic E-state index is 13.6. The molecule has 0 aliphatic carbocycles. The summed E-state index contributed by atoms with van der Waals surface area (Å²) in [5.74, 6) is -0.291. The summed E-state index contributed by atoms with van der Waals surface area (Å²) >= 11 is 3.17. The summed E-state index contributed by atoms with van der Waals surface area (Å²) in [5, 5.41) is 12.2. The second-order valence-electron chi connectivity index (χ2n) is 4.75. The fourth-order valence-corrected chi connectivity index (χ4v) is 2.53. The molecule has 0 fully saturated rings. The molecule has 1 N–H and O–H groups in total. The molecule has 0 amide bonds. The lowest BCUT2D eigenvalue weighted by Crippen LogP contribution is -2.03. The highest BCUT2D eigenvalue weighted by atomic mass is 79.9. The van der Waals surface area contributed by atoms with E-state index in [0.29, 0.717) is 16.7 Å². The van der Waals surface area contributed by atoms with Gasteiger partial charge < -0.3 is 9.88 Å². The van der Waals surface area contributed by atoms with Crippen molar-refractivity contribution in [3.05, 3.63) is 51.0 Å². The van der Waals surface area contributed by atoms with E-state index in [1.54, 1.807) is 6.07 Å². The molecule has 0 spiro atoms. The molecular formula is C15H15BrFN3. The minimum absolute atomic E-state index is 0.291. The Labute approximate surface area is 126 Å². The van der Waals surface area contributed by atoms with Gasteiger partial charge in [-0.25, -0.2) is 4.39 Å². The molecule has 5 heteroatoms. The molecule has 1 aromatic carbocycles. The van der Waals surface area contributed by atoms with Gasteiger partial charge in [-0.05, 0) is 59.1 Å². The van der Waals surface area contributed by atoms with E-state index >= 15 is 0 Å². The van der Waals surface area contributed by atoms with Gasteiger partial charge in [0.1, 0.15) is 17.6 Å². The predicted octanol–water partition coefficient (Wildman–Crippen LogP) is 4.03. The average Bonchev–Trinajstić information content (AvgIpc) is 2.69. The molecule has 0 aliphatic heterocycles. The van der Waals surface area contributed by atoms with E-state index < -0.39 is 0 Å². The number of nitrogens with one attached hydrogen (secondary N) is 1. The van der Waals surface area contributed by atoms with Crippen LogP contribution in [0.15, 0.2) is 22.7 Å². The van der Waals surface area contributed by atoms with Crippen LogP contribution in [0.2, 0.25) is 0 Å². The van der Waals surface area contributed by atoms with Gasteiger partial charge in [0.05, 0.1) is 4.47 Å². The van der Waals surface area contributed by atoms with Gasteiger partial charge in [-0.15, -0.1) is 0 Å². The van der Waals surface area contributed by atoms with Gasteiger partial charge in [0.25, 0.3) is 0 Å². The number of benzene rings is 1. The Balaban J connectivity index is 2.22. The van der Waals surface area contributed by atoms with Crippen molar-refractivity contribution in [2.24, 2.45) is 7.05 Å². The van der Waals surface area contributed by atoms with Crippen molar-refractivity contribution >= 4 is 21.6 Å². The maximum Gasteiger partial charge on any atom is 0.139 e. The Kier molecular flexibility index (Phi) is 4.15. The number of nitrogens with zero attached hydrogens (tertiary/aromatic N) is 2. The number of aromatic nitrogens is 1. The summed E-state index contributed by atoms with van der Waals surface area (Å²) in [7, 11) is 1.86. The molecule has 3 nitrogen and oxygen atoms in total. The van der Waals surface area contributed by atoms with Crippen LogP contribution in [0.4, 0.5) is 10.1 Å². The molecule has 2 aromatic rings. The highest BCUT2D eigenvalue weighted by molar-refractivity contribution is 9.10. The predicted molar refractivity (Wildman–Crippen MR) is 81.0 cm³/mol. The molecule has 104 valence electrons. The Morgan fingerprint density at radius 3 is 2.65 bits per heavy atom. The topological polar surface area (TPSA) is 40.8 Å². The molecular weight excluding hydrogens is 321 g/mol. The number of hydrogen-bond donors (Lipinski definition) is 1. The van der Waals surface area contributed by atoms with Gasteiger partial charge in [0, 0.05) is 25.0 Å². The summed E-state index contributed by atoms with van der Waals surface area (Å²) in [6, 6.07) is 7.23. The van der Waals surface area contributed by atoms with Crippen LogP contribution in [0.3, 0.4) is 0 Å². The first-order chi connectivity index (χ1) is 9.43. The summed E-state index contributed by atoms with van der Waals surface area (Å²) in [6.07, 6.45) is 0. The lowest BCUT2D eigenvalue weighted by Gasteiger charge is -2.11. The molecule has 0 unspecified atom stereocenters. The zero-order chi connectivity index (χ0) is 14.9. The van der Waals surface area contributed by atoms with E-state index in [4.69, 9.17) is 5.26 Å². The molecule has 2 rings (SSSR count). The third-order valence-electron chi connectivity index (χ3n) is 3.49. The van der Waals surface area contributed by atoms with Gasteiger partial charge >= 0.3 is 0 Å². The normalized spacial score (nSPS) is 10.4. The second-order valence-corrected chi connectivity index (χ2v) is 5.60. The molecule has 0 bridgehead atoms. The van der Waals surface area contributed by atoms with Gasteiger partial charge in [-0.1, -0.05) is 0 Å². The van der Waals surface area contributed by atoms with Crippen LogP contribution in [0, 0.1) is 31.0 Å². The minimum Gasteiger partial charge on any atom is -0.381 e. The SMILES string of the molecule is Cc1cc(Br)c(F)cc1NCc1cc(C#N)n(C)c1C. The first-order valence-electron chi connectivity index (χ1n) is 6.19. The molecule has 0 saturated carbocycles. The molecule has 0 radical (unpaired) electrons. The Bertz CT molecular complexity index is 698. The smallest absolute Gasteiger partial charge is 0.139 e. The van der Waals surface area contributed by atoms with Crippen molar-refractivity contribution in [3.63, 3.8) is 0 Å². The lowest BCUT2D eigenvalue weighted by atomic mass is 10.2. The molecule has 0 aliphatic rings. The van der Waals surface area contributed by atoms with E-state index in [0.717, 1.165) is 22.5 Å². The average molecular weight is 336 g/mol. The van der Waals surface area contributed by atoms with Gasteiger partial charge in [0.15, 0.2) is 0 Å². The molecule has 0 atom stereocenters. The monoisotopic (exact) mass is 335 g/mol. The fraction of sp³-hybridized carbons (Fsp3) is 0.267. The van der Waals surface area contributed by atoms with Gasteiger partial charge in [-0.2, -0.15) is 5.26 Å². The number of aryl methyl sites for hydroxylation is 1. The Morgan fingerprint density at radius 1 is 1.35 bits per heavy atom. The van der Waals surface area contributed by atoms with Crippen LogP contribution in [0.1, 0.15) is 22.5 Å². The number of nitriles is 1. The van der Waals surface area contributed by atoms with E-state index in [1.807, 2.05) is 31.5 Å². The Hall–Kier alpha value is -1.80. The van der Waals surface area contributed by atoms with Crippen LogP contribution < -0.4 is 5.32 Å². The van der Waals surface area contributed by atoms with Crippen LogP contribution >= 0.6 is 15.9 Å². The highest BCUT2D eigenvalue weighted by Crippen LogP contribution is 2.25. The minimum atomic E-state index is -0.291. The van der Waals surface area contributed by atoms with Crippen molar-refractivity contribution < 1.29 is 4.39 Å². The van der Waals surface area contributed by atoms with Crippen LogP contribution in [-0.2, 0) is 13.6 Å². The van der Waals surface area contributed by atoms with E-state index in [9.17, 15) is 4.39 Å². The van der Waals surface area contributed by atoms with Crippen LogP contribution in [0.5, 0.6) is 0 Å². The number of anilines is 1. The van der Waals surface area contributed by atoms with E-state index in [-0.39, 0.29) is 5.82 Å². The summed E-state index contributed by atoms with van der Waals surface area (Å²) < 4.78 is 15.9. The van der Waals surface area contributed by atoms with Crippen molar-refractivity contribution in [2.75, 3.05) is 5.32 Å². The van der Waals surface area contributed by atoms with Crippen molar-refractivity contribution in [1.82, 2.24) is 4.57 Å². The third kappa shape index (κ3) is 2.70. The quantitative estimate of drug-likeness (QED) is 0.919. The molecule has 1 aromatic heterocycles. The number of rotatable bonds is 3. The summed E-state index contributed by atoms with van der Waals surface area (Å²) in [4.78, 5) is 0. The second kappa shape index (κ2) is 5.68. The van der Waals surface area contributed by atoms with Gasteiger partial charge in [0.2, 0.25) is 0 Å². The first-order valence-corrected chi connectivity index (χ1v) is 6.98. The molecule has 20 heavy (non-hydrogen) atoms. The van der Waals surface area contributed by atoms with Gasteiger partial charge in [-0.3, -0.25) is 0 Å². The molecule has 0 saturated heterocycles. The van der Waals surface area contributed by atoms with Crippen LogP contribution in [0.25, 0.3) is 0 Å².